The summed E-state index contributed by atoms with van der Waals surface area (Å²) in [4.78, 5) is 30.5. The second-order valence-corrected chi connectivity index (χ2v) is 8.96. The first kappa shape index (κ1) is 23.7. The van der Waals surface area contributed by atoms with E-state index < -0.39 is 0 Å². The van der Waals surface area contributed by atoms with Crippen molar-refractivity contribution in [2.24, 2.45) is 0 Å². The highest BCUT2D eigenvalue weighted by Crippen LogP contribution is 2.32. The average Bonchev–Trinajstić information content (AvgIpc) is 3.60. The molecule has 1 unspecified atom stereocenters. The van der Waals surface area contributed by atoms with E-state index in [0.29, 0.717) is 18.7 Å². The molecule has 1 aliphatic rings. The summed E-state index contributed by atoms with van der Waals surface area (Å²) in [5.41, 5.74) is 1.79. The van der Waals surface area contributed by atoms with Crippen LogP contribution in [0.1, 0.15) is 54.8 Å². The first-order chi connectivity index (χ1) is 16.4. The Hall–Kier alpha value is -3.41. The lowest BCUT2D eigenvalue weighted by atomic mass is 9.95. The first-order valence-electron chi connectivity index (χ1n) is 11.9. The number of aryl methyl sites for hydroxylation is 1. The van der Waals surface area contributed by atoms with Crippen LogP contribution in [0.5, 0.6) is 0 Å². The van der Waals surface area contributed by atoms with Crippen LogP contribution in [0.25, 0.3) is 0 Å². The Morgan fingerprint density at radius 3 is 2.29 bits per heavy atom. The smallest absolute Gasteiger partial charge is 0.242 e. The van der Waals surface area contributed by atoms with Gasteiger partial charge in [0.2, 0.25) is 11.8 Å². The lowest BCUT2D eigenvalue weighted by Crippen LogP contribution is -2.45. The van der Waals surface area contributed by atoms with Crippen molar-refractivity contribution in [2.75, 3.05) is 6.54 Å². The maximum atomic E-state index is 13.6. The van der Waals surface area contributed by atoms with Crippen LogP contribution >= 0.6 is 0 Å². The van der Waals surface area contributed by atoms with E-state index in [-0.39, 0.29) is 42.7 Å². The third-order valence-corrected chi connectivity index (χ3v) is 6.27. The highest BCUT2D eigenvalue weighted by molar-refractivity contribution is 5.89. The van der Waals surface area contributed by atoms with Gasteiger partial charge in [0.05, 0.1) is 12.5 Å². The van der Waals surface area contributed by atoms with Gasteiger partial charge in [0.15, 0.2) is 0 Å². The van der Waals surface area contributed by atoms with E-state index in [1.54, 1.807) is 21.9 Å². The fourth-order valence-corrected chi connectivity index (χ4v) is 4.26. The summed E-state index contributed by atoms with van der Waals surface area (Å²) < 4.78 is 19.1. The third-order valence-electron chi connectivity index (χ3n) is 6.27. The van der Waals surface area contributed by atoms with Crippen LogP contribution in [-0.2, 0) is 22.7 Å². The molecule has 6 heteroatoms. The third kappa shape index (κ3) is 5.93. The van der Waals surface area contributed by atoms with Crippen molar-refractivity contribution in [3.8, 4) is 0 Å². The molecule has 1 fully saturated rings. The molecule has 0 spiro atoms. The van der Waals surface area contributed by atoms with Crippen LogP contribution in [0.4, 0.5) is 4.39 Å². The molecule has 2 aromatic carbocycles. The number of halogens is 1. The summed E-state index contributed by atoms with van der Waals surface area (Å²) in [5.74, 6) is 0.704. The van der Waals surface area contributed by atoms with Gasteiger partial charge in [-0.3, -0.25) is 9.59 Å². The molecule has 0 N–H and O–H groups in total. The zero-order valence-electron chi connectivity index (χ0n) is 19.7. The molecule has 3 aromatic rings. The van der Waals surface area contributed by atoms with Gasteiger partial charge in [0, 0.05) is 12.6 Å². The fourth-order valence-electron chi connectivity index (χ4n) is 4.26. The van der Waals surface area contributed by atoms with E-state index in [4.69, 9.17) is 4.42 Å². The van der Waals surface area contributed by atoms with Crippen LogP contribution in [0.2, 0.25) is 0 Å². The number of benzene rings is 2. The Kier molecular flexibility index (Phi) is 7.46. The number of carbonyl (C=O) groups excluding carboxylic acids is 2. The number of amides is 2. The minimum Gasteiger partial charge on any atom is -0.464 e. The van der Waals surface area contributed by atoms with Crippen molar-refractivity contribution < 1.29 is 18.4 Å². The largest absolute Gasteiger partial charge is 0.464 e. The number of furan rings is 1. The molecule has 178 valence electrons. The number of hydrogen-bond acceptors (Lipinski definition) is 3. The molecule has 0 radical (unpaired) electrons. The summed E-state index contributed by atoms with van der Waals surface area (Å²) in [6.07, 6.45) is 2.50. The van der Waals surface area contributed by atoms with Gasteiger partial charge >= 0.3 is 0 Å². The molecule has 1 heterocycles. The van der Waals surface area contributed by atoms with E-state index in [1.807, 2.05) is 56.3 Å². The normalized spacial score (nSPS) is 14.0. The maximum Gasteiger partial charge on any atom is 0.242 e. The molecule has 1 aromatic heterocycles. The van der Waals surface area contributed by atoms with Crippen LogP contribution in [0, 0.1) is 12.7 Å². The van der Waals surface area contributed by atoms with Crippen LogP contribution in [-0.4, -0.2) is 34.2 Å². The highest BCUT2D eigenvalue weighted by atomic mass is 19.1. The Morgan fingerprint density at radius 2 is 1.71 bits per heavy atom. The second kappa shape index (κ2) is 10.7. The average molecular weight is 463 g/mol. The van der Waals surface area contributed by atoms with E-state index in [9.17, 15) is 14.0 Å². The second-order valence-electron chi connectivity index (χ2n) is 8.96. The van der Waals surface area contributed by atoms with Gasteiger partial charge in [0.1, 0.15) is 23.9 Å². The minimum absolute atomic E-state index is 0.000116. The molecule has 1 aliphatic carbocycles. The lowest BCUT2D eigenvalue weighted by molar-refractivity contribution is -0.142. The molecule has 0 aliphatic heterocycles. The van der Waals surface area contributed by atoms with Crippen molar-refractivity contribution in [2.45, 2.75) is 58.2 Å². The van der Waals surface area contributed by atoms with Crippen molar-refractivity contribution in [1.29, 1.82) is 0 Å². The Labute approximate surface area is 200 Å². The minimum atomic E-state index is -0.319. The summed E-state index contributed by atoms with van der Waals surface area (Å²) in [6.45, 7) is 4.47. The molecule has 5 nitrogen and oxygen atoms in total. The van der Waals surface area contributed by atoms with Gasteiger partial charge in [-0.2, -0.15) is 0 Å². The van der Waals surface area contributed by atoms with Crippen molar-refractivity contribution >= 4 is 11.8 Å². The molecule has 0 bridgehead atoms. The molecule has 2 amide bonds. The van der Waals surface area contributed by atoms with Crippen LogP contribution < -0.4 is 0 Å². The molecule has 1 saturated carbocycles. The summed E-state index contributed by atoms with van der Waals surface area (Å²) >= 11 is 0. The number of hydrogen-bond donors (Lipinski definition) is 0. The van der Waals surface area contributed by atoms with Gasteiger partial charge < -0.3 is 14.2 Å². The van der Waals surface area contributed by atoms with E-state index in [1.165, 1.54) is 12.1 Å². The monoisotopic (exact) mass is 462 g/mol. The van der Waals surface area contributed by atoms with Gasteiger partial charge in [0.25, 0.3) is 0 Å². The fraction of sp³-hybridized carbons (Fsp3) is 0.357. The predicted molar refractivity (Wildman–Crippen MR) is 128 cm³/mol. The molecule has 4 rings (SSSR count). The summed E-state index contributed by atoms with van der Waals surface area (Å²) in [6, 6.07) is 19.7. The molecule has 1 atom stereocenters. The van der Waals surface area contributed by atoms with Gasteiger partial charge in [-0.25, -0.2) is 4.39 Å². The molecule has 0 saturated heterocycles. The predicted octanol–water partition coefficient (Wildman–Crippen LogP) is 5.44. The quantitative estimate of drug-likeness (QED) is 0.403. The highest BCUT2D eigenvalue weighted by Gasteiger charge is 2.37. The molecular formula is C28H31FN2O3. The number of rotatable bonds is 10. The SMILES string of the molecule is CCC(C(=O)N(CC(=O)N(Cc1ccc(F)cc1)Cc1ccc(C)o1)C1CC1)c1ccccc1. The Morgan fingerprint density at radius 1 is 1.00 bits per heavy atom. The zero-order chi connectivity index (χ0) is 24.1. The number of nitrogens with zero attached hydrogens (tertiary/aromatic N) is 2. The standard InChI is InChI=1S/C28H31FN2O3/c1-3-26(22-7-5-4-6-8-22)28(33)31(24-14-15-24)19-27(32)30(18-25-16-9-20(2)34-25)17-21-10-12-23(29)13-11-21/h4-13,16,24,26H,3,14-15,17-19H2,1-2H3. The summed E-state index contributed by atoms with van der Waals surface area (Å²) in [5, 5.41) is 0. The van der Waals surface area contributed by atoms with E-state index in [2.05, 4.69) is 0 Å². The van der Waals surface area contributed by atoms with Crippen molar-refractivity contribution in [3.63, 3.8) is 0 Å². The van der Waals surface area contributed by atoms with Gasteiger partial charge in [-0.1, -0.05) is 49.4 Å². The topological polar surface area (TPSA) is 53.8 Å². The van der Waals surface area contributed by atoms with Gasteiger partial charge in [-0.15, -0.1) is 0 Å². The van der Waals surface area contributed by atoms with Crippen LogP contribution in [0.3, 0.4) is 0 Å². The number of carbonyl (C=O) groups is 2. The summed E-state index contributed by atoms with van der Waals surface area (Å²) in [7, 11) is 0. The van der Waals surface area contributed by atoms with Gasteiger partial charge in [-0.05, 0) is 61.6 Å². The van der Waals surface area contributed by atoms with E-state index >= 15 is 0 Å². The lowest BCUT2D eigenvalue weighted by Gasteiger charge is -2.30. The maximum absolute atomic E-state index is 13.6. The zero-order valence-corrected chi connectivity index (χ0v) is 19.7. The van der Waals surface area contributed by atoms with Crippen molar-refractivity contribution in [3.05, 3.63) is 95.2 Å². The first-order valence-corrected chi connectivity index (χ1v) is 11.9. The van der Waals surface area contributed by atoms with E-state index in [0.717, 1.165) is 29.7 Å². The Bertz CT molecular complexity index is 1110. The molecular weight excluding hydrogens is 431 g/mol. The Balaban J connectivity index is 1.53. The van der Waals surface area contributed by atoms with Crippen molar-refractivity contribution in [1.82, 2.24) is 9.80 Å². The van der Waals surface area contributed by atoms with Crippen LogP contribution in [0.15, 0.2) is 71.1 Å². The molecule has 34 heavy (non-hydrogen) atoms.